The molecular weight excluding hydrogens is 200 g/mol. The molecule has 0 unspecified atom stereocenters. The first kappa shape index (κ1) is 10.7. The lowest BCUT2D eigenvalue weighted by atomic mass is 10.1. The number of hydrogen-bond acceptors (Lipinski definition) is 3. The number of nitrogen functional groups attached to an aromatic ring is 1. The van der Waals surface area contributed by atoms with Gasteiger partial charge in [-0.3, -0.25) is 0 Å². The van der Waals surface area contributed by atoms with E-state index < -0.39 is 0 Å². The molecule has 0 fully saturated rings. The zero-order valence-corrected chi connectivity index (χ0v) is 9.44. The van der Waals surface area contributed by atoms with Gasteiger partial charge in [0.15, 0.2) is 5.82 Å². The molecule has 3 heteroatoms. The summed E-state index contributed by atoms with van der Waals surface area (Å²) in [4.78, 5) is 0. The van der Waals surface area contributed by atoms with Gasteiger partial charge in [-0.05, 0) is 18.4 Å². The molecule has 0 radical (unpaired) electrons. The molecule has 1 aromatic carbocycles. The van der Waals surface area contributed by atoms with Crippen LogP contribution in [-0.4, -0.2) is 5.16 Å². The highest BCUT2D eigenvalue weighted by atomic mass is 16.5. The van der Waals surface area contributed by atoms with E-state index in [0.717, 1.165) is 30.6 Å². The maximum atomic E-state index is 5.72. The second kappa shape index (κ2) is 4.84. The smallest absolute Gasteiger partial charge is 0.170 e. The van der Waals surface area contributed by atoms with E-state index in [1.165, 1.54) is 5.56 Å². The zero-order valence-electron chi connectivity index (χ0n) is 9.44. The first-order valence-corrected chi connectivity index (χ1v) is 5.58. The summed E-state index contributed by atoms with van der Waals surface area (Å²) in [5.74, 6) is 1.45. The molecule has 0 aliphatic rings. The Morgan fingerprint density at radius 3 is 2.62 bits per heavy atom. The van der Waals surface area contributed by atoms with Gasteiger partial charge in [0, 0.05) is 12.0 Å². The molecule has 0 spiro atoms. The monoisotopic (exact) mass is 216 g/mol. The van der Waals surface area contributed by atoms with Crippen molar-refractivity contribution in [3.63, 3.8) is 0 Å². The molecular formula is C13H16N2O. The Morgan fingerprint density at radius 1 is 1.19 bits per heavy atom. The van der Waals surface area contributed by atoms with Gasteiger partial charge in [-0.2, -0.15) is 0 Å². The molecule has 2 N–H and O–H groups in total. The number of hydrogen-bond donors (Lipinski definition) is 1. The number of nitrogens with two attached hydrogens (primary N) is 1. The fraction of sp³-hybridized carbons (Fsp3) is 0.308. The van der Waals surface area contributed by atoms with Crippen molar-refractivity contribution in [1.82, 2.24) is 5.16 Å². The van der Waals surface area contributed by atoms with Crippen LogP contribution in [0.15, 0.2) is 34.9 Å². The van der Waals surface area contributed by atoms with Crippen molar-refractivity contribution in [2.45, 2.75) is 26.2 Å². The SMILES string of the molecule is CCc1c(N)noc1CCc1ccccc1. The molecule has 0 saturated carbocycles. The third-order valence-electron chi connectivity index (χ3n) is 2.74. The van der Waals surface area contributed by atoms with Crippen molar-refractivity contribution in [3.05, 3.63) is 47.2 Å². The van der Waals surface area contributed by atoms with Gasteiger partial charge >= 0.3 is 0 Å². The van der Waals surface area contributed by atoms with Crippen LogP contribution in [0.3, 0.4) is 0 Å². The van der Waals surface area contributed by atoms with Gasteiger partial charge in [-0.1, -0.05) is 42.4 Å². The van der Waals surface area contributed by atoms with Crippen molar-refractivity contribution in [1.29, 1.82) is 0 Å². The lowest BCUT2D eigenvalue weighted by Crippen LogP contribution is -1.95. The van der Waals surface area contributed by atoms with Crippen LogP contribution in [0.5, 0.6) is 0 Å². The normalized spacial score (nSPS) is 10.6. The predicted molar refractivity (Wildman–Crippen MR) is 64.1 cm³/mol. The minimum absolute atomic E-state index is 0.533. The van der Waals surface area contributed by atoms with Gasteiger partial charge in [-0.15, -0.1) is 0 Å². The Hall–Kier alpha value is -1.77. The third kappa shape index (κ3) is 2.24. The maximum absolute atomic E-state index is 5.72. The number of benzene rings is 1. The number of aromatic nitrogens is 1. The van der Waals surface area contributed by atoms with Crippen LogP contribution in [-0.2, 0) is 19.3 Å². The van der Waals surface area contributed by atoms with Gasteiger partial charge in [0.1, 0.15) is 5.76 Å². The number of nitrogens with zero attached hydrogens (tertiary/aromatic N) is 1. The molecule has 2 rings (SSSR count). The Kier molecular flexibility index (Phi) is 3.25. The predicted octanol–water partition coefficient (Wildman–Crippen LogP) is 2.60. The van der Waals surface area contributed by atoms with Gasteiger partial charge in [-0.25, -0.2) is 0 Å². The molecule has 1 heterocycles. The first-order chi connectivity index (χ1) is 7.81. The topological polar surface area (TPSA) is 52.0 Å². The molecule has 2 aromatic rings. The quantitative estimate of drug-likeness (QED) is 0.854. The second-order valence-corrected chi connectivity index (χ2v) is 3.81. The highest BCUT2D eigenvalue weighted by Crippen LogP contribution is 2.18. The highest BCUT2D eigenvalue weighted by molar-refractivity contribution is 5.40. The number of rotatable bonds is 4. The van der Waals surface area contributed by atoms with Crippen LogP contribution in [0.25, 0.3) is 0 Å². The van der Waals surface area contributed by atoms with E-state index >= 15 is 0 Å². The standard InChI is InChI=1S/C13H16N2O/c1-2-11-12(16-15-13(11)14)9-8-10-6-4-3-5-7-10/h3-7H,2,8-9H2,1H3,(H2,14,15). The molecule has 0 aliphatic carbocycles. The fourth-order valence-electron chi connectivity index (χ4n) is 1.83. The summed E-state index contributed by atoms with van der Waals surface area (Å²) in [6.07, 6.45) is 2.69. The number of anilines is 1. The van der Waals surface area contributed by atoms with Gasteiger partial charge in [0.05, 0.1) is 0 Å². The van der Waals surface area contributed by atoms with E-state index in [0.29, 0.717) is 5.82 Å². The average Bonchev–Trinajstić information content (AvgIpc) is 2.68. The molecule has 0 amide bonds. The van der Waals surface area contributed by atoms with E-state index in [1.807, 2.05) is 18.2 Å². The summed E-state index contributed by atoms with van der Waals surface area (Å²) in [6.45, 7) is 2.06. The van der Waals surface area contributed by atoms with Crippen molar-refractivity contribution < 1.29 is 4.52 Å². The number of aryl methyl sites for hydroxylation is 2. The fourth-order valence-corrected chi connectivity index (χ4v) is 1.83. The van der Waals surface area contributed by atoms with Crippen LogP contribution in [0.1, 0.15) is 23.8 Å². The molecule has 84 valence electrons. The van der Waals surface area contributed by atoms with Gasteiger partial charge in [0.25, 0.3) is 0 Å². The molecule has 16 heavy (non-hydrogen) atoms. The lowest BCUT2D eigenvalue weighted by Gasteiger charge is -2.00. The first-order valence-electron chi connectivity index (χ1n) is 5.58. The minimum atomic E-state index is 0.533. The highest BCUT2D eigenvalue weighted by Gasteiger charge is 2.11. The Morgan fingerprint density at radius 2 is 1.94 bits per heavy atom. The maximum Gasteiger partial charge on any atom is 0.170 e. The minimum Gasteiger partial charge on any atom is -0.381 e. The van der Waals surface area contributed by atoms with Gasteiger partial charge in [0.2, 0.25) is 0 Å². The van der Waals surface area contributed by atoms with Crippen molar-refractivity contribution >= 4 is 5.82 Å². The summed E-state index contributed by atoms with van der Waals surface area (Å²) < 4.78 is 5.23. The van der Waals surface area contributed by atoms with E-state index in [9.17, 15) is 0 Å². The third-order valence-corrected chi connectivity index (χ3v) is 2.74. The summed E-state index contributed by atoms with van der Waals surface area (Å²) >= 11 is 0. The summed E-state index contributed by atoms with van der Waals surface area (Å²) in [6, 6.07) is 10.3. The molecule has 0 aliphatic heterocycles. The largest absolute Gasteiger partial charge is 0.381 e. The molecule has 3 nitrogen and oxygen atoms in total. The Labute approximate surface area is 95.3 Å². The van der Waals surface area contributed by atoms with E-state index in [2.05, 4.69) is 24.2 Å². The average molecular weight is 216 g/mol. The Balaban J connectivity index is 2.05. The van der Waals surface area contributed by atoms with Crippen LogP contribution < -0.4 is 5.73 Å². The molecule has 1 aromatic heterocycles. The van der Waals surface area contributed by atoms with Crippen LogP contribution in [0, 0.1) is 0 Å². The van der Waals surface area contributed by atoms with Gasteiger partial charge < -0.3 is 10.3 Å². The van der Waals surface area contributed by atoms with Crippen LogP contribution in [0.2, 0.25) is 0 Å². The summed E-state index contributed by atoms with van der Waals surface area (Å²) in [5, 5.41) is 3.80. The Bertz CT molecular complexity index is 448. The van der Waals surface area contributed by atoms with E-state index in [-0.39, 0.29) is 0 Å². The van der Waals surface area contributed by atoms with Crippen molar-refractivity contribution in [2.24, 2.45) is 0 Å². The molecule has 0 saturated heterocycles. The lowest BCUT2D eigenvalue weighted by molar-refractivity contribution is 0.384. The van der Waals surface area contributed by atoms with Crippen LogP contribution >= 0.6 is 0 Å². The zero-order chi connectivity index (χ0) is 11.4. The molecule has 0 bridgehead atoms. The summed E-state index contributed by atoms with van der Waals surface area (Å²) in [7, 11) is 0. The van der Waals surface area contributed by atoms with Crippen LogP contribution in [0.4, 0.5) is 5.82 Å². The summed E-state index contributed by atoms with van der Waals surface area (Å²) in [5.41, 5.74) is 8.07. The van der Waals surface area contributed by atoms with Crippen molar-refractivity contribution in [3.8, 4) is 0 Å². The molecule has 0 atom stereocenters. The van der Waals surface area contributed by atoms with E-state index in [4.69, 9.17) is 10.3 Å². The second-order valence-electron chi connectivity index (χ2n) is 3.81. The van der Waals surface area contributed by atoms with Crippen molar-refractivity contribution in [2.75, 3.05) is 5.73 Å². The van der Waals surface area contributed by atoms with E-state index in [1.54, 1.807) is 0 Å².